The standard InChI is InChI=1S/C20H22ClN5O4/c1-28-16-8-4-6-13(18(16)29-12-14-5-2-3-7-15(14)21)11-23-9-10-24-20(27)17-19(22)26-30-25-17/h2-8,23H,9-12H2,1H3,(H2,22,26)(H,24,27). The SMILES string of the molecule is COc1cccc(CNCCNC(=O)c2nonc2N)c1OCc1ccccc1Cl. The van der Waals surface area contributed by atoms with Gasteiger partial charge in [0.15, 0.2) is 11.5 Å². The Morgan fingerprint density at radius 1 is 1.13 bits per heavy atom. The molecule has 2 aromatic carbocycles. The van der Waals surface area contributed by atoms with Crippen molar-refractivity contribution in [3.8, 4) is 11.5 Å². The van der Waals surface area contributed by atoms with Crippen LogP contribution in [0.4, 0.5) is 5.82 Å². The highest BCUT2D eigenvalue weighted by Crippen LogP contribution is 2.32. The maximum atomic E-state index is 11.9. The molecule has 0 atom stereocenters. The van der Waals surface area contributed by atoms with Crippen LogP contribution in [0.2, 0.25) is 5.02 Å². The molecule has 0 aliphatic rings. The minimum atomic E-state index is -0.444. The van der Waals surface area contributed by atoms with Gasteiger partial charge in [0.2, 0.25) is 11.5 Å². The van der Waals surface area contributed by atoms with Crippen molar-refractivity contribution in [2.75, 3.05) is 25.9 Å². The monoisotopic (exact) mass is 431 g/mol. The Kier molecular flexibility index (Phi) is 7.47. The number of methoxy groups -OCH3 is 1. The first-order valence-electron chi connectivity index (χ1n) is 9.19. The average molecular weight is 432 g/mol. The van der Waals surface area contributed by atoms with Crippen molar-refractivity contribution in [2.45, 2.75) is 13.2 Å². The molecule has 1 heterocycles. The minimum Gasteiger partial charge on any atom is -0.493 e. The molecular formula is C20H22ClN5O4. The second-order valence-corrected chi connectivity index (χ2v) is 6.67. The number of para-hydroxylation sites is 1. The van der Waals surface area contributed by atoms with Crippen molar-refractivity contribution >= 4 is 23.3 Å². The predicted octanol–water partition coefficient (Wildman–Crippen LogP) is 2.41. The second kappa shape index (κ2) is 10.5. The van der Waals surface area contributed by atoms with Crippen LogP contribution in [-0.2, 0) is 13.2 Å². The van der Waals surface area contributed by atoms with Gasteiger partial charge in [0.25, 0.3) is 5.91 Å². The van der Waals surface area contributed by atoms with Crippen molar-refractivity contribution in [1.82, 2.24) is 20.9 Å². The summed E-state index contributed by atoms with van der Waals surface area (Å²) in [5.41, 5.74) is 7.26. The van der Waals surface area contributed by atoms with E-state index in [-0.39, 0.29) is 11.5 Å². The zero-order valence-corrected chi connectivity index (χ0v) is 17.1. The first-order valence-corrected chi connectivity index (χ1v) is 9.57. The van der Waals surface area contributed by atoms with Gasteiger partial charge in [0.05, 0.1) is 7.11 Å². The molecule has 158 valence electrons. The number of ether oxygens (including phenoxy) is 2. The highest BCUT2D eigenvalue weighted by Gasteiger charge is 2.15. The number of hydrogen-bond acceptors (Lipinski definition) is 8. The van der Waals surface area contributed by atoms with Crippen LogP contribution in [0.1, 0.15) is 21.6 Å². The largest absolute Gasteiger partial charge is 0.493 e. The van der Waals surface area contributed by atoms with E-state index < -0.39 is 5.91 Å². The molecule has 0 radical (unpaired) electrons. The van der Waals surface area contributed by atoms with Gasteiger partial charge in [0, 0.05) is 35.8 Å². The number of nitrogens with zero attached hydrogens (tertiary/aromatic N) is 2. The van der Waals surface area contributed by atoms with E-state index >= 15 is 0 Å². The van der Waals surface area contributed by atoms with E-state index in [4.69, 9.17) is 26.8 Å². The number of rotatable bonds is 10. The third-order valence-electron chi connectivity index (χ3n) is 4.24. The molecule has 1 amide bonds. The Morgan fingerprint density at radius 2 is 1.93 bits per heavy atom. The second-order valence-electron chi connectivity index (χ2n) is 6.26. The molecule has 10 heteroatoms. The zero-order valence-electron chi connectivity index (χ0n) is 16.4. The van der Waals surface area contributed by atoms with Crippen LogP contribution in [-0.4, -0.2) is 36.4 Å². The van der Waals surface area contributed by atoms with Gasteiger partial charge in [-0.2, -0.15) is 0 Å². The Labute approximate surface area is 178 Å². The van der Waals surface area contributed by atoms with E-state index in [0.29, 0.717) is 42.8 Å². The van der Waals surface area contributed by atoms with Crippen molar-refractivity contribution in [3.05, 3.63) is 64.3 Å². The molecule has 4 N–H and O–H groups in total. The lowest BCUT2D eigenvalue weighted by Gasteiger charge is -2.16. The van der Waals surface area contributed by atoms with E-state index in [1.54, 1.807) is 7.11 Å². The number of nitrogen functional groups attached to an aromatic ring is 1. The van der Waals surface area contributed by atoms with Crippen LogP contribution in [0.15, 0.2) is 47.1 Å². The number of hydrogen-bond donors (Lipinski definition) is 3. The number of aromatic nitrogens is 2. The van der Waals surface area contributed by atoms with E-state index in [0.717, 1.165) is 11.1 Å². The Bertz CT molecular complexity index is 995. The summed E-state index contributed by atoms with van der Waals surface area (Å²) in [5, 5.41) is 13.4. The van der Waals surface area contributed by atoms with Gasteiger partial charge in [-0.25, -0.2) is 4.63 Å². The van der Waals surface area contributed by atoms with Crippen molar-refractivity contribution in [1.29, 1.82) is 0 Å². The number of carbonyl (C=O) groups excluding carboxylic acids is 1. The van der Waals surface area contributed by atoms with Gasteiger partial charge in [-0.05, 0) is 22.4 Å². The number of anilines is 1. The molecule has 0 aliphatic carbocycles. The van der Waals surface area contributed by atoms with Crippen molar-refractivity contribution < 1.29 is 18.9 Å². The Hall–Kier alpha value is -3.30. The lowest BCUT2D eigenvalue weighted by atomic mass is 10.1. The number of carbonyl (C=O) groups is 1. The summed E-state index contributed by atoms with van der Waals surface area (Å²) in [6.07, 6.45) is 0. The summed E-state index contributed by atoms with van der Waals surface area (Å²) >= 11 is 6.21. The molecular weight excluding hydrogens is 410 g/mol. The third kappa shape index (κ3) is 5.40. The fourth-order valence-electron chi connectivity index (χ4n) is 2.71. The van der Waals surface area contributed by atoms with E-state index in [1.807, 2.05) is 42.5 Å². The van der Waals surface area contributed by atoms with Crippen molar-refractivity contribution in [3.63, 3.8) is 0 Å². The smallest absolute Gasteiger partial charge is 0.277 e. The highest BCUT2D eigenvalue weighted by molar-refractivity contribution is 6.31. The third-order valence-corrected chi connectivity index (χ3v) is 4.61. The summed E-state index contributed by atoms with van der Waals surface area (Å²) in [7, 11) is 1.59. The van der Waals surface area contributed by atoms with Crippen LogP contribution in [0.5, 0.6) is 11.5 Å². The molecule has 0 fully saturated rings. The first kappa shape index (κ1) is 21.4. The average Bonchev–Trinajstić information content (AvgIpc) is 3.19. The van der Waals surface area contributed by atoms with Crippen LogP contribution in [0, 0.1) is 0 Å². The Morgan fingerprint density at radius 3 is 2.67 bits per heavy atom. The Balaban J connectivity index is 1.54. The highest BCUT2D eigenvalue weighted by atomic mass is 35.5. The van der Waals surface area contributed by atoms with Crippen LogP contribution in [0.25, 0.3) is 0 Å². The molecule has 0 saturated carbocycles. The molecule has 9 nitrogen and oxygen atoms in total. The number of nitrogens with two attached hydrogens (primary N) is 1. The number of nitrogens with one attached hydrogen (secondary N) is 2. The topological polar surface area (TPSA) is 125 Å². The predicted molar refractivity (Wildman–Crippen MR) is 112 cm³/mol. The fraction of sp³-hybridized carbons (Fsp3) is 0.250. The summed E-state index contributed by atoms with van der Waals surface area (Å²) in [6, 6.07) is 13.2. The van der Waals surface area contributed by atoms with Gasteiger partial charge in [-0.3, -0.25) is 4.79 Å². The molecule has 0 unspecified atom stereocenters. The summed E-state index contributed by atoms with van der Waals surface area (Å²) in [5.74, 6) is 0.777. The first-order chi connectivity index (χ1) is 14.6. The molecule has 3 rings (SSSR count). The lowest BCUT2D eigenvalue weighted by molar-refractivity contribution is 0.0944. The van der Waals surface area contributed by atoms with Crippen molar-refractivity contribution in [2.24, 2.45) is 0 Å². The fourth-order valence-corrected chi connectivity index (χ4v) is 2.90. The minimum absolute atomic E-state index is 0.0296. The molecule has 30 heavy (non-hydrogen) atoms. The maximum absolute atomic E-state index is 11.9. The van der Waals surface area contributed by atoms with Gasteiger partial charge in [0.1, 0.15) is 6.61 Å². The summed E-state index contributed by atoms with van der Waals surface area (Å²) in [6.45, 7) is 1.71. The van der Waals surface area contributed by atoms with Gasteiger partial charge in [-0.15, -0.1) is 0 Å². The summed E-state index contributed by atoms with van der Waals surface area (Å²) in [4.78, 5) is 11.9. The molecule has 1 aromatic heterocycles. The van der Waals surface area contributed by atoms with Gasteiger partial charge >= 0.3 is 0 Å². The van der Waals surface area contributed by atoms with E-state index in [9.17, 15) is 4.79 Å². The maximum Gasteiger partial charge on any atom is 0.277 e. The quantitative estimate of drug-likeness (QED) is 0.418. The van der Waals surface area contributed by atoms with Crippen LogP contribution < -0.4 is 25.8 Å². The molecule has 3 aromatic rings. The lowest BCUT2D eigenvalue weighted by Crippen LogP contribution is -2.32. The molecule has 0 bridgehead atoms. The zero-order chi connectivity index (χ0) is 21.3. The normalized spacial score (nSPS) is 10.6. The number of amides is 1. The molecule has 0 saturated heterocycles. The molecule has 0 spiro atoms. The van der Waals surface area contributed by atoms with Crippen LogP contribution >= 0.6 is 11.6 Å². The number of halogens is 1. The van der Waals surface area contributed by atoms with E-state index in [2.05, 4.69) is 25.6 Å². The van der Waals surface area contributed by atoms with Gasteiger partial charge in [-0.1, -0.05) is 41.9 Å². The van der Waals surface area contributed by atoms with Crippen LogP contribution in [0.3, 0.4) is 0 Å². The summed E-state index contributed by atoms with van der Waals surface area (Å²) < 4.78 is 15.9. The molecule has 0 aliphatic heterocycles. The van der Waals surface area contributed by atoms with E-state index in [1.165, 1.54) is 0 Å². The number of benzene rings is 2. The van der Waals surface area contributed by atoms with Gasteiger partial charge < -0.3 is 25.8 Å².